The summed E-state index contributed by atoms with van der Waals surface area (Å²) in [7, 11) is 0. The molecule has 0 unspecified atom stereocenters. The van der Waals surface area contributed by atoms with Crippen LogP contribution in [0.4, 0.5) is 0 Å². The predicted molar refractivity (Wildman–Crippen MR) is 93.8 cm³/mol. The van der Waals surface area contributed by atoms with E-state index in [2.05, 4.69) is 38.1 Å². The van der Waals surface area contributed by atoms with Crippen LogP contribution < -0.4 is 9.47 Å². The normalized spacial score (nSPS) is 17.2. The zero-order valence-electron chi connectivity index (χ0n) is 12.7. The molecule has 114 valence electrons. The average molecular weight is 330 g/mol. The van der Waals surface area contributed by atoms with E-state index in [1.54, 1.807) is 0 Å². The van der Waals surface area contributed by atoms with E-state index in [1.165, 1.54) is 27.8 Å². The molecule has 2 aliphatic rings. The van der Waals surface area contributed by atoms with Crippen molar-refractivity contribution in [2.75, 3.05) is 6.79 Å². The molecule has 0 aromatic heterocycles. The highest BCUT2D eigenvalue weighted by Crippen LogP contribution is 2.48. The van der Waals surface area contributed by atoms with Crippen molar-refractivity contribution in [2.45, 2.75) is 29.9 Å². The first-order valence-corrected chi connectivity index (χ1v) is 9.52. The minimum Gasteiger partial charge on any atom is -0.454 e. The molecule has 0 radical (unpaired) electrons. The lowest BCUT2D eigenvalue weighted by Crippen LogP contribution is -1.93. The first-order chi connectivity index (χ1) is 10.7. The van der Waals surface area contributed by atoms with Gasteiger partial charge in [0.05, 0.1) is 4.58 Å². The minimum absolute atomic E-state index is 0.341. The highest BCUT2D eigenvalue weighted by Gasteiger charge is 2.22. The molecule has 2 nitrogen and oxygen atoms in total. The van der Waals surface area contributed by atoms with Crippen molar-refractivity contribution in [3.63, 3.8) is 0 Å². The van der Waals surface area contributed by atoms with Gasteiger partial charge in [-0.15, -0.1) is 23.5 Å². The van der Waals surface area contributed by atoms with Gasteiger partial charge in [0.25, 0.3) is 0 Å². The Morgan fingerprint density at radius 1 is 0.864 bits per heavy atom. The molecule has 2 aromatic carbocycles. The van der Waals surface area contributed by atoms with Crippen LogP contribution in [-0.2, 0) is 11.5 Å². The Hall–Kier alpha value is -1.26. The minimum atomic E-state index is 0.341. The summed E-state index contributed by atoms with van der Waals surface area (Å²) in [6.45, 7) is 4.75. The van der Waals surface area contributed by atoms with Gasteiger partial charge in [-0.1, -0.05) is 18.2 Å². The van der Waals surface area contributed by atoms with E-state index in [0.717, 1.165) is 23.0 Å². The standard InChI is InChI=1S/C18H18O2S2/c1-11-5-14-8-21-18(22-9-15(14)6-12(11)2)13-3-4-16-17(7-13)20-10-19-16/h3-7,18H,8-10H2,1-2H3. The lowest BCUT2D eigenvalue weighted by atomic mass is 10.0. The van der Waals surface area contributed by atoms with Gasteiger partial charge in [-0.25, -0.2) is 0 Å². The number of hydrogen-bond acceptors (Lipinski definition) is 4. The molecule has 4 heteroatoms. The van der Waals surface area contributed by atoms with E-state index in [-0.39, 0.29) is 0 Å². The Bertz CT molecular complexity index is 694. The zero-order chi connectivity index (χ0) is 15.1. The summed E-state index contributed by atoms with van der Waals surface area (Å²) in [4.78, 5) is 0. The SMILES string of the molecule is Cc1cc2c(cc1C)CSC(c1ccc3c(c1)OCO3)SC2. The van der Waals surface area contributed by atoms with Gasteiger partial charge in [0, 0.05) is 11.5 Å². The molecular formula is C18H18O2S2. The number of ether oxygens (including phenoxy) is 2. The molecule has 22 heavy (non-hydrogen) atoms. The molecule has 0 saturated carbocycles. The molecule has 0 bridgehead atoms. The highest BCUT2D eigenvalue weighted by molar-refractivity contribution is 8.15. The quantitative estimate of drug-likeness (QED) is 0.714. The average Bonchev–Trinajstić information content (AvgIpc) is 2.89. The Morgan fingerprint density at radius 3 is 2.18 bits per heavy atom. The summed E-state index contributed by atoms with van der Waals surface area (Å²) in [5, 5.41) is 0. The van der Waals surface area contributed by atoms with E-state index in [4.69, 9.17) is 9.47 Å². The topological polar surface area (TPSA) is 18.5 Å². The van der Waals surface area contributed by atoms with Gasteiger partial charge >= 0.3 is 0 Å². The van der Waals surface area contributed by atoms with Gasteiger partial charge in [-0.05, 0) is 53.8 Å². The van der Waals surface area contributed by atoms with Crippen LogP contribution >= 0.6 is 23.5 Å². The van der Waals surface area contributed by atoms with Crippen LogP contribution in [0.3, 0.4) is 0 Å². The Morgan fingerprint density at radius 2 is 1.50 bits per heavy atom. The second-order valence-electron chi connectivity index (χ2n) is 5.77. The van der Waals surface area contributed by atoms with Crippen molar-refractivity contribution in [2.24, 2.45) is 0 Å². The molecule has 0 spiro atoms. The van der Waals surface area contributed by atoms with Crippen molar-refractivity contribution in [3.8, 4) is 11.5 Å². The maximum atomic E-state index is 5.51. The number of rotatable bonds is 1. The first kappa shape index (κ1) is 14.3. The van der Waals surface area contributed by atoms with Crippen LogP contribution in [0.15, 0.2) is 30.3 Å². The third-order valence-corrected chi connectivity index (χ3v) is 7.19. The largest absolute Gasteiger partial charge is 0.454 e. The van der Waals surface area contributed by atoms with Crippen molar-refractivity contribution < 1.29 is 9.47 Å². The first-order valence-electron chi connectivity index (χ1n) is 7.42. The highest BCUT2D eigenvalue weighted by atomic mass is 32.2. The van der Waals surface area contributed by atoms with Crippen LogP contribution in [0.25, 0.3) is 0 Å². The van der Waals surface area contributed by atoms with Crippen LogP contribution in [0, 0.1) is 13.8 Å². The van der Waals surface area contributed by atoms with Crippen LogP contribution in [0.1, 0.15) is 32.4 Å². The molecule has 0 amide bonds. The monoisotopic (exact) mass is 330 g/mol. The van der Waals surface area contributed by atoms with Crippen molar-refractivity contribution in [1.82, 2.24) is 0 Å². The van der Waals surface area contributed by atoms with Gasteiger partial charge < -0.3 is 9.47 Å². The molecule has 2 aliphatic heterocycles. The fourth-order valence-corrected chi connectivity index (χ4v) is 5.51. The van der Waals surface area contributed by atoms with Gasteiger partial charge in [0.2, 0.25) is 6.79 Å². The molecule has 0 saturated heterocycles. The molecule has 0 fully saturated rings. The number of fused-ring (bicyclic) bond motifs is 2. The maximum Gasteiger partial charge on any atom is 0.231 e. The summed E-state index contributed by atoms with van der Waals surface area (Å²) < 4.78 is 11.4. The van der Waals surface area contributed by atoms with E-state index in [1.807, 2.05) is 29.6 Å². The van der Waals surface area contributed by atoms with E-state index >= 15 is 0 Å². The summed E-state index contributed by atoms with van der Waals surface area (Å²) >= 11 is 4.01. The molecule has 2 heterocycles. The van der Waals surface area contributed by atoms with Crippen LogP contribution in [0.5, 0.6) is 11.5 Å². The molecule has 4 rings (SSSR count). The van der Waals surface area contributed by atoms with Crippen molar-refractivity contribution >= 4 is 23.5 Å². The zero-order valence-corrected chi connectivity index (χ0v) is 14.4. The summed E-state index contributed by atoms with van der Waals surface area (Å²) in [5.41, 5.74) is 7.09. The van der Waals surface area contributed by atoms with Gasteiger partial charge in [-0.3, -0.25) is 0 Å². The fourth-order valence-electron chi connectivity index (χ4n) is 2.84. The molecule has 2 aromatic rings. The maximum absolute atomic E-state index is 5.51. The number of hydrogen-bond donors (Lipinski definition) is 0. The second-order valence-corrected chi connectivity index (χ2v) is 8.26. The Balaban J connectivity index is 1.59. The van der Waals surface area contributed by atoms with Crippen molar-refractivity contribution in [1.29, 1.82) is 0 Å². The van der Waals surface area contributed by atoms with Gasteiger partial charge in [0.1, 0.15) is 0 Å². The van der Waals surface area contributed by atoms with Gasteiger partial charge in [-0.2, -0.15) is 0 Å². The fraction of sp³-hybridized carbons (Fsp3) is 0.333. The Kier molecular flexibility index (Phi) is 3.74. The predicted octanol–water partition coefficient (Wildman–Crippen LogP) is 5.21. The molecule has 0 aliphatic carbocycles. The van der Waals surface area contributed by atoms with E-state index in [0.29, 0.717) is 11.4 Å². The van der Waals surface area contributed by atoms with Crippen LogP contribution in [-0.4, -0.2) is 6.79 Å². The lowest BCUT2D eigenvalue weighted by Gasteiger charge is -2.14. The third-order valence-electron chi connectivity index (χ3n) is 4.27. The summed E-state index contributed by atoms with van der Waals surface area (Å²) in [6.07, 6.45) is 0. The molecule has 0 atom stereocenters. The van der Waals surface area contributed by atoms with Crippen molar-refractivity contribution in [3.05, 3.63) is 58.1 Å². The van der Waals surface area contributed by atoms with E-state index < -0.39 is 0 Å². The number of aryl methyl sites for hydroxylation is 2. The summed E-state index contributed by atoms with van der Waals surface area (Å²) in [6, 6.07) is 11.1. The number of benzene rings is 2. The summed E-state index contributed by atoms with van der Waals surface area (Å²) in [5.74, 6) is 3.89. The lowest BCUT2D eigenvalue weighted by molar-refractivity contribution is 0.174. The Labute approximate surface area is 139 Å². The second kappa shape index (κ2) is 5.74. The van der Waals surface area contributed by atoms with Gasteiger partial charge in [0.15, 0.2) is 11.5 Å². The number of thioether (sulfide) groups is 2. The molecule has 0 N–H and O–H groups in total. The molecular weight excluding hydrogens is 312 g/mol. The smallest absolute Gasteiger partial charge is 0.231 e. The van der Waals surface area contributed by atoms with Crippen LogP contribution in [0.2, 0.25) is 0 Å². The van der Waals surface area contributed by atoms with E-state index in [9.17, 15) is 0 Å². The third kappa shape index (κ3) is 2.59.